The molecule has 29 heavy (non-hydrogen) atoms. The zero-order valence-corrected chi connectivity index (χ0v) is 18.2. The van der Waals surface area contributed by atoms with Crippen molar-refractivity contribution in [3.63, 3.8) is 0 Å². The molecule has 2 amide bonds. The van der Waals surface area contributed by atoms with Crippen LogP contribution in [0.5, 0.6) is 0 Å². The number of hydrogen-bond acceptors (Lipinski definition) is 3. The summed E-state index contributed by atoms with van der Waals surface area (Å²) in [6.07, 6.45) is 4.83. The number of rotatable bonds is 9. The molecule has 1 aliphatic carbocycles. The number of nitrogens with one attached hydrogen (secondary N) is 3. The number of carbonyl (C=O) groups excluding carboxylic acids is 2. The average molecular weight is 415 g/mol. The Morgan fingerprint density at radius 1 is 1.10 bits per heavy atom. The molecule has 0 bridgehead atoms. The largest absolute Gasteiger partial charge is 0.346 e. The van der Waals surface area contributed by atoms with Gasteiger partial charge in [-0.25, -0.2) is 0 Å². The summed E-state index contributed by atoms with van der Waals surface area (Å²) in [7, 11) is 0. The summed E-state index contributed by atoms with van der Waals surface area (Å²) in [5.41, 5.74) is 4.04. The Hall–Kier alpha value is -2.18. The second kappa shape index (κ2) is 10.6. The van der Waals surface area contributed by atoms with Crippen LogP contribution < -0.4 is 15.5 Å². The molecule has 1 heterocycles. The van der Waals surface area contributed by atoms with E-state index in [-0.39, 0.29) is 17.9 Å². The van der Waals surface area contributed by atoms with Crippen LogP contribution in [0.15, 0.2) is 35.7 Å². The fourth-order valence-electron chi connectivity index (χ4n) is 3.83. The molecule has 156 valence electrons. The Morgan fingerprint density at radius 3 is 2.59 bits per heavy atom. The van der Waals surface area contributed by atoms with Crippen LogP contribution in [0, 0.1) is 0 Å². The van der Waals surface area contributed by atoms with Gasteiger partial charge in [0.25, 0.3) is 11.8 Å². The third kappa shape index (κ3) is 6.41. The van der Waals surface area contributed by atoms with Crippen LogP contribution in [0.1, 0.15) is 54.3 Å². The molecule has 2 aromatic rings. The highest BCUT2D eigenvalue weighted by Gasteiger charge is 2.19. The summed E-state index contributed by atoms with van der Waals surface area (Å²) in [6, 6.07) is 10.6. The molecule has 6 heteroatoms. The van der Waals surface area contributed by atoms with E-state index in [1.165, 1.54) is 30.4 Å². The van der Waals surface area contributed by atoms with Crippen molar-refractivity contribution < 1.29 is 14.5 Å². The van der Waals surface area contributed by atoms with Gasteiger partial charge in [-0.05, 0) is 67.7 Å². The van der Waals surface area contributed by atoms with Crippen LogP contribution in [0.25, 0.3) is 0 Å². The summed E-state index contributed by atoms with van der Waals surface area (Å²) in [4.78, 5) is 26.9. The number of likely N-dealkylation sites (N-methyl/N-ethyl adjacent to an activating group) is 1. The summed E-state index contributed by atoms with van der Waals surface area (Å²) in [5, 5.41) is 8.04. The molecule has 0 fully saturated rings. The SMILES string of the molecule is CC[NH+](CC(=O)NCc1cccs1)CC(=O)N[C@H](C)c1ccc2c(c1)CCCC2. The molecule has 3 N–H and O–H groups in total. The van der Waals surface area contributed by atoms with Gasteiger partial charge in [-0.1, -0.05) is 24.3 Å². The van der Waals surface area contributed by atoms with Crippen molar-refractivity contribution in [3.8, 4) is 0 Å². The fraction of sp³-hybridized carbons (Fsp3) is 0.478. The predicted molar refractivity (Wildman–Crippen MR) is 117 cm³/mol. The first kappa shape index (κ1) is 21.5. The van der Waals surface area contributed by atoms with Crippen molar-refractivity contribution >= 4 is 23.2 Å². The Bertz CT molecular complexity index is 820. The topological polar surface area (TPSA) is 62.6 Å². The van der Waals surface area contributed by atoms with Crippen LogP contribution in [0.2, 0.25) is 0 Å². The number of amides is 2. The number of hydrogen-bond donors (Lipinski definition) is 3. The van der Waals surface area contributed by atoms with Crippen molar-refractivity contribution in [3.05, 3.63) is 57.3 Å². The highest BCUT2D eigenvalue weighted by molar-refractivity contribution is 7.09. The highest BCUT2D eigenvalue weighted by atomic mass is 32.1. The third-order valence-corrected chi connectivity index (χ3v) is 6.49. The van der Waals surface area contributed by atoms with Gasteiger partial charge in [-0.15, -0.1) is 11.3 Å². The molecule has 0 saturated heterocycles. The standard InChI is InChI=1S/C23H31N3O2S/c1-3-26(15-22(27)24-14-21-9-6-12-29-21)16-23(28)25-17(2)19-11-10-18-7-4-5-8-20(18)13-19/h6,9-13,17H,3-5,7-8,14-16H2,1-2H3,(H,24,27)(H,25,28)/p+1/t17-/m1/s1. The molecule has 1 aliphatic rings. The van der Waals surface area contributed by atoms with Crippen LogP contribution in [-0.2, 0) is 29.0 Å². The molecular formula is C23H32N3O2S+. The van der Waals surface area contributed by atoms with E-state index in [4.69, 9.17) is 0 Å². The third-order valence-electron chi connectivity index (χ3n) is 5.61. The lowest BCUT2D eigenvalue weighted by molar-refractivity contribution is -0.881. The monoisotopic (exact) mass is 414 g/mol. The van der Waals surface area contributed by atoms with Gasteiger partial charge in [0.05, 0.1) is 19.1 Å². The maximum absolute atomic E-state index is 12.5. The van der Waals surface area contributed by atoms with Gasteiger partial charge in [-0.3, -0.25) is 9.59 Å². The van der Waals surface area contributed by atoms with E-state index in [9.17, 15) is 9.59 Å². The number of quaternary nitrogens is 1. The molecule has 0 spiro atoms. The normalized spacial score (nSPS) is 15.2. The van der Waals surface area contributed by atoms with Gasteiger partial charge in [0.1, 0.15) is 0 Å². The van der Waals surface area contributed by atoms with Gasteiger partial charge >= 0.3 is 0 Å². The Kier molecular flexibility index (Phi) is 7.83. The van der Waals surface area contributed by atoms with E-state index < -0.39 is 0 Å². The van der Waals surface area contributed by atoms with Gasteiger partial charge in [0.15, 0.2) is 13.1 Å². The molecule has 5 nitrogen and oxygen atoms in total. The van der Waals surface area contributed by atoms with Gasteiger partial charge in [-0.2, -0.15) is 0 Å². The van der Waals surface area contributed by atoms with Gasteiger partial charge in [0.2, 0.25) is 0 Å². The van der Waals surface area contributed by atoms with Crippen molar-refractivity contribution in [1.29, 1.82) is 0 Å². The maximum Gasteiger partial charge on any atom is 0.275 e. The number of aryl methyl sites for hydroxylation is 2. The number of carbonyl (C=O) groups is 2. The molecule has 0 radical (unpaired) electrons. The van der Waals surface area contributed by atoms with Crippen molar-refractivity contribution in [2.75, 3.05) is 19.6 Å². The Labute approximate surface area is 177 Å². The zero-order valence-electron chi connectivity index (χ0n) is 17.4. The zero-order chi connectivity index (χ0) is 20.6. The molecular weight excluding hydrogens is 382 g/mol. The molecule has 3 rings (SSSR count). The smallest absolute Gasteiger partial charge is 0.275 e. The maximum atomic E-state index is 12.5. The van der Waals surface area contributed by atoms with E-state index in [0.717, 1.165) is 28.3 Å². The quantitative estimate of drug-likeness (QED) is 0.588. The minimum atomic E-state index is -0.0273. The summed E-state index contributed by atoms with van der Waals surface area (Å²) in [6.45, 7) is 5.92. The minimum Gasteiger partial charge on any atom is -0.346 e. The van der Waals surface area contributed by atoms with Crippen molar-refractivity contribution in [2.45, 2.75) is 52.1 Å². The molecule has 1 aromatic carbocycles. The van der Waals surface area contributed by atoms with E-state index in [2.05, 4.69) is 28.8 Å². The minimum absolute atomic E-state index is 0.0156. The summed E-state index contributed by atoms with van der Waals surface area (Å²) < 4.78 is 0. The second-order valence-electron chi connectivity index (χ2n) is 7.84. The van der Waals surface area contributed by atoms with Crippen LogP contribution >= 0.6 is 11.3 Å². The van der Waals surface area contributed by atoms with E-state index >= 15 is 0 Å². The van der Waals surface area contributed by atoms with E-state index in [1.54, 1.807) is 11.3 Å². The number of fused-ring (bicyclic) bond motifs is 1. The van der Waals surface area contributed by atoms with Crippen LogP contribution in [0.4, 0.5) is 0 Å². The van der Waals surface area contributed by atoms with Gasteiger partial charge < -0.3 is 15.5 Å². The Balaban J connectivity index is 1.47. The number of benzene rings is 1. The first-order chi connectivity index (χ1) is 14.0. The summed E-state index contributed by atoms with van der Waals surface area (Å²) in [5.74, 6) is -0.0380. The average Bonchev–Trinajstić information content (AvgIpc) is 3.25. The van der Waals surface area contributed by atoms with Crippen molar-refractivity contribution in [1.82, 2.24) is 10.6 Å². The van der Waals surface area contributed by atoms with Crippen LogP contribution in [0.3, 0.4) is 0 Å². The highest BCUT2D eigenvalue weighted by Crippen LogP contribution is 2.24. The molecule has 1 unspecified atom stereocenters. The molecule has 0 saturated carbocycles. The van der Waals surface area contributed by atoms with Crippen molar-refractivity contribution in [2.24, 2.45) is 0 Å². The Morgan fingerprint density at radius 2 is 1.86 bits per heavy atom. The molecule has 1 aromatic heterocycles. The van der Waals surface area contributed by atoms with E-state index in [0.29, 0.717) is 19.6 Å². The molecule has 2 atom stereocenters. The lowest BCUT2D eigenvalue weighted by atomic mass is 9.89. The lowest BCUT2D eigenvalue weighted by Crippen LogP contribution is -3.14. The lowest BCUT2D eigenvalue weighted by Gasteiger charge is -2.21. The molecule has 0 aliphatic heterocycles. The van der Waals surface area contributed by atoms with E-state index in [1.807, 2.05) is 31.4 Å². The van der Waals surface area contributed by atoms with Crippen LogP contribution in [-0.4, -0.2) is 31.4 Å². The second-order valence-corrected chi connectivity index (χ2v) is 8.87. The van der Waals surface area contributed by atoms with Gasteiger partial charge in [0, 0.05) is 4.88 Å². The first-order valence-electron chi connectivity index (χ1n) is 10.6. The predicted octanol–water partition coefficient (Wildman–Crippen LogP) is 2.03. The first-order valence-corrected chi connectivity index (χ1v) is 11.5. The number of thiophene rings is 1. The fourth-order valence-corrected chi connectivity index (χ4v) is 4.47. The summed E-state index contributed by atoms with van der Waals surface area (Å²) >= 11 is 1.63.